The van der Waals surface area contributed by atoms with Crippen LogP contribution in [0.2, 0.25) is 0 Å². The number of amidine groups is 1. The molecule has 2 amide bonds. The van der Waals surface area contributed by atoms with Crippen LogP contribution >= 0.6 is 11.3 Å². The number of carbonyl (C=O) groups excluding carboxylic acids is 2. The fourth-order valence-corrected chi connectivity index (χ4v) is 5.51. The van der Waals surface area contributed by atoms with Crippen molar-refractivity contribution in [2.45, 2.75) is 39.2 Å². The summed E-state index contributed by atoms with van der Waals surface area (Å²) in [5.74, 6) is 0.359. The number of benzene rings is 1. The molecule has 0 bridgehead atoms. The van der Waals surface area contributed by atoms with Crippen LogP contribution in [0.4, 0.5) is 4.39 Å². The molecule has 0 spiro atoms. The first kappa shape index (κ1) is 23.6. The van der Waals surface area contributed by atoms with E-state index in [1.807, 2.05) is 30.0 Å². The largest absolute Gasteiger partial charge is 0.342 e. The van der Waals surface area contributed by atoms with E-state index in [1.54, 1.807) is 30.9 Å². The highest BCUT2D eigenvalue weighted by Gasteiger charge is 2.45. The molecule has 3 heterocycles. The van der Waals surface area contributed by atoms with Gasteiger partial charge in [-0.15, -0.1) is 11.3 Å². The fourth-order valence-electron chi connectivity index (χ4n) is 4.61. The van der Waals surface area contributed by atoms with E-state index < -0.39 is 11.4 Å². The van der Waals surface area contributed by atoms with Gasteiger partial charge in [-0.25, -0.2) is 9.37 Å². The van der Waals surface area contributed by atoms with E-state index in [4.69, 9.17) is 0 Å². The summed E-state index contributed by atoms with van der Waals surface area (Å²) < 4.78 is 15.4. The van der Waals surface area contributed by atoms with Gasteiger partial charge in [0.25, 0.3) is 5.91 Å². The summed E-state index contributed by atoms with van der Waals surface area (Å²) in [7, 11) is 0. The topological polar surface area (TPSA) is 65.9 Å². The van der Waals surface area contributed by atoms with Crippen molar-refractivity contribution in [3.8, 4) is 10.6 Å². The summed E-state index contributed by atoms with van der Waals surface area (Å²) >= 11 is 1.45. The highest BCUT2D eigenvalue weighted by molar-refractivity contribution is 7.16. The lowest BCUT2D eigenvalue weighted by Crippen LogP contribution is -2.55. The average molecular weight is 493 g/mol. The Kier molecular flexibility index (Phi) is 5.95. The third-order valence-electron chi connectivity index (χ3n) is 6.69. The normalized spacial score (nSPS) is 19.9. The minimum Gasteiger partial charge on any atom is -0.342 e. The molecule has 182 valence electrons. The molecule has 1 saturated heterocycles. The van der Waals surface area contributed by atoms with Crippen LogP contribution in [-0.4, -0.2) is 57.6 Å². The monoisotopic (exact) mass is 492 g/mol. The second-order valence-corrected chi connectivity index (χ2v) is 11.0. The van der Waals surface area contributed by atoms with E-state index in [0.29, 0.717) is 41.6 Å². The molecule has 2 aromatic rings. The molecule has 0 unspecified atom stereocenters. The van der Waals surface area contributed by atoms with Crippen molar-refractivity contribution in [2.75, 3.05) is 19.6 Å². The Balaban J connectivity index is 1.38. The van der Waals surface area contributed by atoms with Gasteiger partial charge in [0.1, 0.15) is 22.2 Å². The Morgan fingerprint density at radius 3 is 2.69 bits per heavy atom. The van der Waals surface area contributed by atoms with Crippen LogP contribution in [0.15, 0.2) is 35.8 Å². The zero-order valence-corrected chi connectivity index (χ0v) is 21.1. The molecule has 6 nitrogen and oxygen atoms in total. The van der Waals surface area contributed by atoms with E-state index in [9.17, 15) is 9.59 Å². The number of allylic oxidation sites excluding steroid dienone is 1. The number of aliphatic imine (C=N–C) groups is 1. The maximum atomic E-state index is 15.4. The number of nitrogens with zero attached hydrogens (tertiary/aromatic N) is 4. The maximum absolute atomic E-state index is 15.4. The lowest BCUT2D eigenvalue weighted by atomic mass is 9.97. The van der Waals surface area contributed by atoms with Gasteiger partial charge in [-0.05, 0) is 57.9 Å². The number of carbonyl (C=O) groups is 2. The minimum absolute atomic E-state index is 0.144. The van der Waals surface area contributed by atoms with Gasteiger partial charge in [-0.3, -0.25) is 19.5 Å². The molecule has 1 aromatic heterocycles. The Morgan fingerprint density at radius 2 is 2.06 bits per heavy atom. The van der Waals surface area contributed by atoms with Gasteiger partial charge in [0.05, 0.1) is 16.1 Å². The fraction of sp³-hybridized carbons (Fsp3) is 0.407. The van der Waals surface area contributed by atoms with Gasteiger partial charge < -0.3 is 4.90 Å². The van der Waals surface area contributed by atoms with Gasteiger partial charge in [0, 0.05) is 37.0 Å². The van der Waals surface area contributed by atoms with Crippen LogP contribution in [0.1, 0.15) is 49.7 Å². The van der Waals surface area contributed by atoms with Crippen molar-refractivity contribution in [1.82, 2.24) is 14.8 Å². The second kappa shape index (κ2) is 8.82. The van der Waals surface area contributed by atoms with Crippen molar-refractivity contribution in [2.24, 2.45) is 16.8 Å². The van der Waals surface area contributed by atoms with E-state index >= 15 is 4.39 Å². The van der Waals surface area contributed by atoms with Crippen molar-refractivity contribution in [3.63, 3.8) is 0 Å². The number of aromatic nitrogens is 1. The molecule has 35 heavy (non-hydrogen) atoms. The quantitative estimate of drug-likeness (QED) is 0.554. The first-order valence-corrected chi connectivity index (χ1v) is 12.8. The SMILES string of the molecule is C=Cc1sc(-c2ccc(C3=NC(C)(C)C(=O)N3CC3CN(C(=O)C4CC4)C3)c(F)c2)nc1/C=C\C. The number of hydrogen-bond donors (Lipinski definition) is 0. The van der Waals surface area contributed by atoms with Crippen LogP contribution in [0.5, 0.6) is 0 Å². The smallest absolute Gasteiger partial charge is 0.255 e. The molecule has 3 aliphatic rings. The highest BCUT2D eigenvalue weighted by atomic mass is 32.1. The minimum atomic E-state index is -0.955. The molecule has 0 N–H and O–H groups in total. The molecular weight excluding hydrogens is 463 g/mol. The van der Waals surface area contributed by atoms with Crippen LogP contribution < -0.4 is 0 Å². The predicted molar refractivity (Wildman–Crippen MR) is 137 cm³/mol. The van der Waals surface area contributed by atoms with Crippen LogP contribution in [-0.2, 0) is 9.59 Å². The summed E-state index contributed by atoms with van der Waals surface area (Å²) in [5.41, 5.74) is 0.815. The molecule has 1 saturated carbocycles. The van der Waals surface area contributed by atoms with E-state index in [2.05, 4.69) is 16.6 Å². The summed E-state index contributed by atoms with van der Waals surface area (Å²) in [5, 5.41) is 0.704. The van der Waals surface area contributed by atoms with E-state index in [1.165, 1.54) is 17.4 Å². The molecule has 0 radical (unpaired) electrons. The Bertz CT molecular complexity index is 1270. The summed E-state index contributed by atoms with van der Waals surface area (Å²) in [6.07, 6.45) is 7.53. The van der Waals surface area contributed by atoms with Crippen molar-refractivity contribution in [3.05, 3.63) is 52.8 Å². The number of hydrogen-bond acceptors (Lipinski definition) is 5. The van der Waals surface area contributed by atoms with E-state index in [-0.39, 0.29) is 23.7 Å². The number of thiazole rings is 1. The predicted octanol–water partition coefficient (Wildman–Crippen LogP) is 4.86. The Hall–Kier alpha value is -3.13. The molecular formula is C27H29FN4O2S. The number of rotatable bonds is 7. The Morgan fingerprint density at radius 1 is 1.31 bits per heavy atom. The zero-order chi connectivity index (χ0) is 24.9. The summed E-state index contributed by atoms with van der Waals surface area (Å²) in [6, 6.07) is 4.95. The van der Waals surface area contributed by atoms with Gasteiger partial charge in [-0.2, -0.15) is 0 Å². The number of likely N-dealkylation sites (tertiary alicyclic amines) is 1. The van der Waals surface area contributed by atoms with Crippen LogP contribution in [0.25, 0.3) is 22.7 Å². The molecule has 5 rings (SSSR count). The third-order valence-corrected chi connectivity index (χ3v) is 7.81. The van der Waals surface area contributed by atoms with Crippen molar-refractivity contribution >= 4 is 41.1 Å². The molecule has 1 aromatic carbocycles. The molecule has 2 fully saturated rings. The number of amides is 2. The second-order valence-electron chi connectivity index (χ2n) is 9.96. The highest BCUT2D eigenvalue weighted by Crippen LogP contribution is 2.35. The number of halogens is 1. The van der Waals surface area contributed by atoms with Crippen LogP contribution in [0.3, 0.4) is 0 Å². The Labute approximate surface area is 208 Å². The molecule has 8 heteroatoms. The van der Waals surface area contributed by atoms with Gasteiger partial charge >= 0.3 is 0 Å². The summed E-state index contributed by atoms with van der Waals surface area (Å²) in [4.78, 5) is 39.0. The molecule has 0 atom stereocenters. The average Bonchev–Trinajstić information content (AvgIpc) is 3.52. The lowest BCUT2D eigenvalue weighted by molar-refractivity contribution is -0.140. The first-order chi connectivity index (χ1) is 16.7. The van der Waals surface area contributed by atoms with Gasteiger partial charge in [-0.1, -0.05) is 18.7 Å². The van der Waals surface area contributed by atoms with Crippen molar-refractivity contribution < 1.29 is 14.0 Å². The zero-order valence-electron chi connectivity index (χ0n) is 20.3. The summed E-state index contributed by atoms with van der Waals surface area (Å²) in [6.45, 7) is 11.0. The maximum Gasteiger partial charge on any atom is 0.255 e. The van der Waals surface area contributed by atoms with Crippen molar-refractivity contribution in [1.29, 1.82) is 0 Å². The van der Waals surface area contributed by atoms with E-state index in [0.717, 1.165) is 23.4 Å². The first-order valence-electron chi connectivity index (χ1n) is 12.0. The van der Waals surface area contributed by atoms with Gasteiger partial charge in [0.15, 0.2) is 0 Å². The van der Waals surface area contributed by atoms with Gasteiger partial charge in [0.2, 0.25) is 5.91 Å². The standard InChI is InChI=1S/C27H29FN4O2S/c1-5-7-21-22(6-2)35-24(29-21)18-10-11-19(20(28)12-18)23-30-27(3,4)26(34)32(23)15-16-13-31(14-16)25(33)17-8-9-17/h5-7,10-12,16-17H,2,8-9,13-15H2,1,3-4H3/b7-5-. The molecule has 2 aliphatic heterocycles. The van der Waals surface area contributed by atoms with Crippen LogP contribution in [0, 0.1) is 17.7 Å². The third kappa shape index (κ3) is 4.35. The molecule has 1 aliphatic carbocycles. The lowest BCUT2D eigenvalue weighted by Gasteiger charge is -2.41.